The van der Waals surface area contributed by atoms with Crippen LogP contribution in [0.2, 0.25) is 0 Å². The van der Waals surface area contributed by atoms with Crippen LogP contribution in [-0.4, -0.2) is 110 Å². The second-order valence-corrected chi connectivity index (χ2v) is 17.8. The van der Waals surface area contributed by atoms with Gasteiger partial charge in [-0.25, -0.2) is 19.6 Å². The molecule has 11 nitrogen and oxygen atoms in total. The zero-order chi connectivity index (χ0) is 38.8. The molecule has 0 N–H and O–H groups in total. The van der Waals surface area contributed by atoms with Crippen molar-refractivity contribution in [2.45, 2.75) is 127 Å². The summed E-state index contributed by atoms with van der Waals surface area (Å²) in [5.41, 5.74) is -2.18. The Balaban J connectivity index is 0.856. The van der Waals surface area contributed by atoms with Crippen LogP contribution >= 0.6 is 0 Å². The number of fused-ring (bicyclic) bond motifs is 4. The Labute approximate surface area is 316 Å². The lowest BCUT2D eigenvalue weighted by Gasteiger charge is -2.57. The SMILES string of the molecule is C[C@@H]1CC[C@H]2C(COCCN3CCN(CC4=C(C(F)(F)F)O[C@@H]5O[C@]6(C)CC[C@H]7[C@H](C)CC[C@@H]4[C@@]57OO6)CC3)=C(C(F)(F)F)O[C@@H]3O[C@@]4(C)CC[C@@H]1[C@]32OO4. The fourth-order valence-corrected chi connectivity index (χ4v) is 11.6. The quantitative estimate of drug-likeness (QED) is 0.156. The molecule has 2 saturated carbocycles. The van der Waals surface area contributed by atoms with Crippen LogP contribution in [0, 0.1) is 35.5 Å². The minimum Gasteiger partial charge on any atom is -0.456 e. The molecule has 0 amide bonds. The average Bonchev–Trinajstić information content (AvgIpc) is 3.50. The summed E-state index contributed by atoms with van der Waals surface area (Å²) in [6.45, 7) is 9.98. The maximum absolute atomic E-state index is 14.7. The van der Waals surface area contributed by atoms with E-state index in [-0.39, 0.29) is 54.6 Å². The van der Waals surface area contributed by atoms with Crippen LogP contribution in [-0.2, 0) is 43.2 Å². The average molecular weight is 795 g/mol. The molecule has 9 heterocycles. The summed E-state index contributed by atoms with van der Waals surface area (Å²) in [4.78, 5) is 27.8. The van der Waals surface area contributed by atoms with Gasteiger partial charge in [0.25, 0.3) is 0 Å². The van der Waals surface area contributed by atoms with Crippen molar-refractivity contribution in [3.8, 4) is 0 Å². The number of rotatable bonds is 7. The molecule has 55 heavy (non-hydrogen) atoms. The minimum absolute atomic E-state index is 0.0173. The van der Waals surface area contributed by atoms with Crippen molar-refractivity contribution in [3.63, 3.8) is 0 Å². The van der Waals surface area contributed by atoms with Crippen molar-refractivity contribution in [1.82, 2.24) is 9.80 Å². The molecular formula is C38H52F6N2O9. The van der Waals surface area contributed by atoms with Gasteiger partial charge in [-0.15, -0.1) is 0 Å². The monoisotopic (exact) mass is 794 g/mol. The molecule has 310 valence electrons. The summed E-state index contributed by atoms with van der Waals surface area (Å²) in [6, 6.07) is 0. The Morgan fingerprint density at radius 3 is 1.62 bits per heavy atom. The highest BCUT2D eigenvalue weighted by Crippen LogP contribution is 2.63. The highest BCUT2D eigenvalue weighted by atomic mass is 19.4. The van der Waals surface area contributed by atoms with E-state index in [1.165, 1.54) is 0 Å². The second kappa shape index (κ2) is 13.4. The molecule has 2 aliphatic carbocycles. The molecule has 0 aromatic carbocycles. The molecule has 11 rings (SSSR count). The molecule has 0 aromatic rings. The molecule has 9 aliphatic heterocycles. The first-order valence-corrected chi connectivity index (χ1v) is 20.0. The van der Waals surface area contributed by atoms with Gasteiger partial charge in [-0.05, 0) is 69.8 Å². The number of allylic oxidation sites excluding steroid dienone is 2. The summed E-state index contributed by atoms with van der Waals surface area (Å²) in [6.07, 6.45) is -7.17. The lowest BCUT2D eigenvalue weighted by atomic mass is 9.59. The van der Waals surface area contributed by atoms with Crippen molar-refractivity contribution in [3.05, 3.63) is 22.7 Å². The minimum atomic E-state index is -4.76. The van der Waals surface area contributed by atoms with Crippen LogP contribution in [0.15, 0.2) is 22.7 Å². The van der Waals surface area contributed by atoms with Crippen LogP contribution in [0.4, 0.5) is 26.3 Å². The van der Waals surface area contributed by atoms with Gasteiger partial charge >= 0.3 is 12.4 Å². The van der Waals surface area contributed by atoms with Gasteiger partial charge in [0.1, 0.15) is 0 Å². The first-order valence-electron chi connectivity index (χ1n) is 20.0. The topological polar surface area (TPSA) is 89.6 Å². The Bertz CT molecular complexity index is 1570. The smallest absolute Gasteiger partial charge is 0.449 e. The van der Waals surface area contributed by atoms with Gasteiger partial charge in [0.2, 0.25) is 35.7 Å². The van der Waals surface area contributed by atoms with Crippen molar-refractivity contribution in [2.24, 2.45) is 35.5 Å². The van der Waals surface area contributed by atoms with Gasteiger partial charge in [0, 0.05) is 81.4 Å². The molecule has 0 aromatic heterocycles. The van der Waals surface area contributed by atoms with E-state index in [9.17, 15) is 26.3 Å². The first kappa shape index (κ1) is 38.8. The predicted molar refractivity (Wildman–Crippen MR) is 178 cm³/mol. The van der Waals surface area contributed by atoms with E-state index in [1.807, 2.05) is 4.90 Å². The third-order valence-electron chi connectivity index (χ3n) is 14.5. The van der Waals surface area contributed by atoms with Crippen LogP contribution in [0.25, 0.3) is 0 Å². The van der Waals surface area contributed by atoms with E-state index >= 15 is 0 Å². The maximum Gasteiger partial charge on any atom is 0.449 e. The fraction of sp³-hybridized carbons (Fsp3) is 0.895. The third kappa shape index (κ3) is 6.27. The first-order chi connectivity index (χ1) is 26.0. The largest absolute Gasteiger partial charge is 0.456 e. The van der Waals surface area contributed by atoms with Gasteiger partial charge in [-0.1, -0.05) is 13.8 Å². The number of nitrogens with zero attached hydrogens (tertiary/aromatic N) is 2. The highest BCUT2D eigenvalue weighted by molar-refractivity contribution is 5.30. The van der Waals surface area contributed by atoms with Gasteiger partial charge in [0.15, 0.2) is 11.2 Å². The van der Waals surface area contributed by atoms with Gasteiger partial charge in [0.05, 0.1) is 13.2 Å². The van der Waals surface area contributed by atoms with Gasteiger partial charge in [-0.2, -0.15) is 26.3 Å². The van der Waals surface area contributed by atoms with E-state index in [1.54, 1.807) is 13.8 Å². The molecule has 17 heteroatoms. The highest BCUT2D eigenvalue weighted by Gasteiger charge is 2.72. The maximum atomic E-state index is 14.7. The van der Waals surface area contributed by atoms with E-state index < -0.39 is 71.1 Å². The summed E-state index contributed by atoms with van der Waals surface area (Å²) in [5.74, 6) is -5.52. The van der Waals surface area contributed by atoms with E-state index in [4.69, 9.17) is 43.2 Å². The summed E-state index contributed by atoms with van der Waals surface area (Å²) in [5, 5.41) is 0. The van der Waals surface area contributed by atoms with Crippen LogP contribution in [0.5, 0.6) is 0 Å². The molecular weight excluding hydrogens is 742 g/mol. The van der Waals surface area contributed by atoms with Gasteiger partial charge < -0.3 is 23.7 Å². The van der Waals surface area contributed by atoms with E-state index in [0.29, 0.717) is 71.2 Å². The second-order valence-electron chi connectivity index (χ2n) is 17.8. The van der Waals surface area contributed by atoms with Crippen molar-refractivity contribution >= 4 is 0 Å². The lowest BCUT2D eigenvalue weighted by Crippen LogP contribution is -2.68. The Hall–Kier alpha value is -1.70. The zero-order valence-corrected chi connectivity index (χ0v) is 31.8. The number of alkyl halides is 6. The van der Waals surface area contributed by atoms with Crippen molar-refractivity contribution < 1.29 is 69.6 Å². The number of halogens is 6. The Morgan fingerprint density at radius 2 is 1.11 bits per heavy atom. The molecule has 0 radical (unpaired) electrons. The third-order valence-corrected chi connectivity index (χ3v) is 14.5. The molecule has 4 bridgehead atoms. The molecule has 2 spiro atoms. The fourth-order valence-electron chi connectivity index (χ4n) is 11.6. The Morgan fingerprint density at radius 1 is 0.636 bits per heavy atom. The molecule has 7 saturated heterocycles. The van der Waals surface area contributed by atoms with E-state index in [2.05, 4.69) is 18.7 Å². The number of piperazine rings is 1. The number of hydrogen-bond donors (Lipinski definition) is 0. The zero-order valence-electron chi connectivity index (χ0n) is 31.8. The molecule has 9 fully saturated rings. The van der Waals surface area contributed by atoms with Gasteiger partial charge in [-0.3, -0.25) is 9.80 Å². The lowest BCUT2D eigenvalue weighted by molar-refractivity contribution is -0.558. The van der Waals surface area contributed by atoms with Crippen molar-refractivity contribution in [2.75, 3.05) is 52.5 Å². The van der Waals surface area contributed by atoms with Crippen molar-refractivity contribution in [1.29, 1.82) is 0 Å². The summed E-state index contributed by atoms with van der Waals surface area (Å²) in [7, 11) is 0. The number of ether oxygens (including phenoxy) is 5. The van der Waals surface area contributed by atoms with Crippen LogP contribution in [0.3, 0.4) is 0 Å². The van der Waals surface area contributed by atoms with Crippen LogP contribution < -0.4 is 0 Å². The van der Waals surface area contributed by atoms with Crippen LogP contribution in [0.1, 0.15) is 79.1 Å². The molecule has 12 atom stereocenters. The summed E-state index contributed by atoms with van der Waals surface area (Å²) < 4.78 is 117. The predicted octanol–water partition coefficient (Wildman–Crippen LogP) is 6.75. The molecule has 11 aliphatic rings. The number of hydrogen-bond acceptors (Lipinski definition) is 11. The summed E-state index contributed by atoms with van der Waals surface area (Å²) >= 11 is 0. The standard InChI is InChI=1S/C38H52F6N2O9/c1-21-5-7-27-23(29(37(39,40)41)48-31-35(27)25(21)9-11-33(3,50-31)52-54-35)19-46-15-13-45(14-16-46)17-18-47-20-24-28-8-6-22(2)26-10-12-34(4)51-32(36(26,28)55-53-34)49-30(24)38(42,43)44/h21-22,25-28,31-32H,5-20H2,1-4H3/t21-,22-,25+,26+,27+,28+,31-,32-,33+,34-,35-,36-/m1/s1. The Kier molecular flexibility index (Phi) is 9.46. The normalized spacial score (nSPS) is 46.1. The van der Waals surface area contributed by atoms with E-state index in [0.717, 1.165) is 12.8 Å². The molecule has 0 unspecified atom stereocenters.